The summed E-state index contributed by atoms with van der Waals surface area (Å²) < 4.78 is 0. The van der Waals surface area contributed by atoms with Crippen LogP contribution in [0.4, 0.5) is 0 Å². The predicted octanol–water partition coefficient (Wildman–Crippen LogP) is 2.74. The molecule has 0 aromatic carbocycles. The molecule has 0 spiro atoms. The molecule has 1 heterocycles. The van der Waals surface area contributed by atoms with Crippen LogP contribution >= 0.6 is 0 Å². The van der Waals surface area contributed by atoms with E-state index in [0.717, 1.165) is 13.0 Å². The van der Waals surface area contributed by atoms with E-state index in [1.54, 1.807) is 0 Å². The minimum atomic E-state index is 0.286. The molecule has 15 heavy (non-hydrogen) atoms. The summed E-state index contributed by atoms with van der Waals surface area (Å²) in [5.41, 5.74) is 1.46. The Balaban J connectivity index is 2.44. The molecule has 0 fully saturated rings. The second-order valence-corrected chi connectivity index (χ2v) is 4.66. The molecule has 1 rings (SSSR count). The molecule has 0 saturated heterocycles. The number of aromatic nitrogens is 1. The molecule has 0 bridgehead atoms. The SMILES string of the molecule is CCC(C)(C)N(C)CCc1ccccn1. The lowest BCUT2D eigenvalue weighted by atomic mass is 10.00. The third-order valence-corrected chi connectivity index (χ3v) is 3.33. The maximum atomic E-state index is 4.33. The van der Waals surface area contributed by atoms with Gasteiger partial charge in [0, 0.05) is 30.4 Å². The molecule has 0 radical (unpaired) electrons. The quantitative estimate of drug-likeness (QED) is 0.736. The van der Waals surface area contributed by atoms with Crippen LogP contribution in [0.2, 0.25) is 0 Å². The van der Waals surface area contributed by atoms with Crippen molar-refractivity contribution < 1.29 is 0 Å². The van der Waals surface area contributed by atoms with Crippen LogP contribution in [-0.2, 0) is 6.42 Å². The Bertz CT molecular complexity index is 280. The lowest BCUT2D eigenvalue weighted by Crippen LogP contribution is -2.41. The largest absolute Gasteiger partial charge is 0.301 e. The average Bonchev–Trinajstić information content (AvgIpc) is 2.27. The highest BCUT2D eigenvalue weighted by molar-refractivity contribution is 5.03. The van der Waals surface area contributed by atoms with Gasteiger partial charge in [0.15, 0.2) is 0 Å². The van der Waals surface area contributed by atoms with Crippen molar-refractivity contribution in [1.82, 2.24) is 9.88 Å². The molecule has 1 aromatic heterocycles. The van der Waals surface area contributed by atoms with Crippen molar-refractivity contribution >= 4 is 0 Å². The molecule has 2 nitrogen and oxygen atoms in total. The topological polar surface area (TPSA) is 16.1 Å². The third kappa shape index (κ3) is 3.63. The van der Waals surface area contributed by atoms with Crippen molar-refractivity contribution in [1.29, 1.82) is 0 Å². The minimum Gasteiger partial charge on any atom is -0.301 e. The summed E-state index contributed by atoms with van der Waals surface area (Å²) in [6.45, 7) is 7.87. The van der Waals surface area contributed by atoms with Crippen molar-refractivity contribution in [3.63, 3.8) is 0 Å². The van der Waals surface area contributed by atoms with E-state index in [1.165, 1.54) is 12.1 Å². The fourth-order valence-corrected chi connectivity index (χ4v) is 1.40. The molecule has 0 aliphatic carbocycles. The van der Waals surface area contributed by atoms with Gasteiger partial charge in [0.05, 0.1) is 0 Å². The van der Waals surface area contributed by atoms with Crippen molar-refractivity contribution in [3.05, 3.63) is 30.1 Å². The van der Waals surface area contributed by atoms with Gasteiger partial charge in [-0.15, -0.1) is 0 Å². The van der Waals surface area contributed by atoms with Crippen LogP contribution in [0.5, 0.6) is 0 Å². The van der Waals surface area contributed by atoms with E-state index in [4.69, 9.17) is 0 Å². The molecule has 0 atom stereocenters. The normalized spacial score (nSPS) is 12.1. The maximum absolute atomic E-state index is 4.33. The highest BCUT2D eigenvalue weighted by Crippen LogP contribution is 2.16. The van der Waals surface area contributed by atoms with Crippen molar-refractivity contribution in [2.45, 2.75) is 39.2 Å². The molecule has 0 aliphatic heterocycles. The molecule has 0 N–H and O–H groups in total. The van der Waals surface area contributed by atoms with E-state index in [9.17, 15) is 0 Å². The lowest BCUT2D eigenvalue weighted by Gasteiger charge is -2.34. The smallest absolute Gasteiger partial charge is 0.0416 e. The Morgan fingerprint density at radius 1 is 1.33 bits per heavy atom. The number of hydrogen-bond acceptors (Lipinski definition) is 2. The average molecular weight is 206 g/mol. The first-order chi connectivity index (χ1) is 7.06. The third-order valence-electron chi connectivity index (χ3n) is 3.33. The zero-order chi connectivity index (χ0) is 11.3. The molecule has 1 aromatic rings. The summed E-state index contributed by atoms with van der Waals surface area (Å²) in [4.78, 5) is 6.74. The van der Waals surface area contributed by atoms with Gasteiger partial charge in [-0.05, 0) is 39.4 Å². The van der Waals surface area contributed by atoms with Crippen molar-refractivity contribution in [2.24, 2.45) is 0 Å². The number of hydrogen-bond donors (Lipinski definition) is 0. The van der Waals surface area contributed by atoms with Gasteiger partial charge in [0.1, 0.15) is 0 Å². The highest BCUT2D eigenvalue weighted by Gasteiger charge is 2.20. The second-order valence-electron chi connectivity index (χ2n) is 4.66. The van der Waals surface area contributed by atoms with Crippen molar-refractivity contribution in [3.8, 4) is 0 Å². The van der Waals surface area contributed by atoms with Gasteiger partial charge >= 0.3 is 0 Å². The Hall–Kier alpha value is -0.890. The summed E-state index contributed by atoms with van der Waals surface area (Å²) in [6, 6.07) is 6.10. The van der Waals surface area contributed by atoms with Crippen LogP contribution in [0.1, 0.15) is 32.9 Å². The Kier molecular flexibility index (Phi) is 4.28. The van der Waals surface area contributed by atoms with Gasteiger partial charge in [-0.3, -0.25) is 4.98 Å². The van der Waals surface area contributed by atoms with Gasteiger partial charge in [0.2, 0.25) is 0 Å². The fourth-order valence-electron chi connectivity index (χ4n) is 1.40. The summed E-state index contributed by atoms with van der Waals surface area (Å²) in [5, 5.41) is 0. The van der Waals surface area contributed by atoms with E-state index >= 15 is 0 Å². The lowest BCUT2D eigenvalue weighted by molar-refractivity contribution is 0.152. The summed E-state index contributed by atoms with van der Waals surface area (Å²) in [7, 11) is 2.19. The van der Waals surface area contributed by atoms with Gasteiger partial charge < -0.3 is 4.90 Å². The summed E-state index contributed by atoms with van der Waals surface area (Å²) in [6.07, 6.45) is 4.06. The van der Waals surface area contributed by atoms with E-state index in [0.29, 0.717) is 0 Å². The van der Waals surface area contributed by atoms with E-state index in [2.05, 4.69) is 43.8 Å². The monoisotopic (exact) mass is 206 g/mol. The zero-order valence-electron chi connectivity index (χ0n) is 10.3. The zero-order valence-corrected chi connectivity index (χ0v) is 10.3. The maximum Gasteiger partial charge on any atom is 0.0416 e. The predicted molar refractivity (Wildman–Crippen MR) is 64.9 cm³/mol. The summed E-state index contributed by atoms with van der Waals surface area (Å²) >= 11 is 0. The van der Waals surface area contributed by atoms with Crippen LogP contribution in [0.15, 0.2) is 24.4 Å². The van der Waals surface area contributed by atoms with Crippen LogP contribution in [0.3, 0.4) is 0 Å². The van der Waals surface area contributed by atoms with E-state index in [1.807, 2.05) is 18.3 Å². The van der Waals surface area contributed by atoms with Crippen LogP contribution < -0.4 is 0 Å². The highest BCUT2D eigenvalue weighted by atomic mass is 15.2. The first kappa shape index (κ1) is 12.2. The standard InChI is InChI=1S/C13H22N2/c1-5-13(2,3)15(4)11-9-12-8-6-7-10-14-12/h6-8,10H,5,9,11H2,1-4H3. The van der Waals surface area contributed by atoms with E-state index in [-0.39, 0.29) is 5.54 Å². The van der Waals surface area contributed by atoms with Crippen molar-refractivity contribution in [2.75, 3.05) is 13.6 Å². The molecular formula is C13H22N2. The molecule has 0 amide bonds. The number of pyridine rings is 1. The van der Waals surface area contributed by atoms with Crippen LogP contribution in [0, 0.1) is 0 Å². The number of likely N-dealkylation sites (N-methyl/N-ethyl adjacent to an activating group) is 1. The first-order valence-corrected chi connectivity index (χ1v) is 5.67. The molecule has 2 heteroatoms. The Labute approximate surface area is 93.3 Å². The molecule has 0 saturated carbocycles. The molecular weight excluding hydrogens is 184 g/mol. The van der Waals surface area contributed by atoms with Crippen LogP contribution in [-0.4, -0.2) is 29.0 Å². The second kappa shape index (κ2) is 5.26. The first-order valence-electron chi connectivity index (χ1n) is 5.67. The molecule has 0 unspecified atom stereocenters. The van der Waals surface area contributed by atoms with Gasteiger partial charge in [-0.2, -0.15) is 0 Å². The molecule has 0 aliphatic rings. The Morgan fingerprint density at radius 2 is 2.07 bits per heavy atom. The van der Waals surface area contributed by atoms with Gasteiger partial charge in [-0.1, -0.05) is 13.0 Å². The van der Waals surface area contributed by atoms with Gasteiger partial charge in [0.25, 0.3) is 0 Å². The van der Waals surface area contributed by atoms with Gasteiger partial charge in [-0.25, -0.2) is 0 Å². The fraction of sp³-hybridized carbons (Fsp3) is 0.615. The molecule has 84 valence electrons. The Morgan fingerprint density at radius 3 is 2.60 bits per heavy atom. The number of nitrogens with zero attached hydrogens (tertiary/aromatic N) is 2. The van der Waals surface area contributed by atoms with Crippen LogP contribution in [0.25, 0.3) is 0 Å². The van der Waals surface area contributed by atoms with E-state index < -0.39 is 0 Å². The summed E-state index contributed by atoms with van der Waals surface area (Å²) in [5.74, 6) is 0. The minimum absolute atomic E-state index is 0.286. The number of rotatable bonds is 5.